The van der Waals surface area contributed by atoms with Crippen LogP contribution >= 0.6 is 0 Å². The molecule has 0 bridgehead atoms. The third-order valence-electron chi connectivity index (χ3n) is 2.04. The molecule has 0 aliphatic heterocycles. The molecular weight excluding hydrogens is 222 g/mol. The molecule has 0 aromatic heterocycles. The second-order valence-electron chi connectivity index (χ2n) is 3.42. The zero-order chi connectivity index (χ0) is 12.8. The normalized spacial score (nSPS) is 10.4. The van der Waals surface area contributed by atoms with E-state index in [4.69, 9.17) is 5.11 Å². The number of aromatic carboxylic acids is 1. The summed E-state index contributed by atoms with van der Waals surface area (Å²) >= 11 is 0. The van der Waals surface area contributed by atoms with Gasteiger partial charge in [-0.3, -0.25) is 4.79 Å². The first-order valence-electron chi connectivity index (χ1n) is 4.98. The lowest BCUT2D eigenvalue weighted by Gasteiger charge is -2.01. The Kier molecular flexibility index (Phi) is 4.28. The molecule has 1 amide bonds. The molecule has 0 radical (unpaired) electrons. The quantitative estimate of drug-likeness (QED) is 0.732. The first kappa shape index (κ1) is 12.8. The third-order valence-corrected chi connectivity index (χ3v) is 2.04. The van der Waals surface area contributed by atoms with E-state index >= 15 is 0 Å². The number of carboxylic acid groups (broad SMARTS) is 1. The minimum Gasteiger partial charge on any atom is -0.507 e. The highest BCUT2D eigenvalue weighted by atomic mass is 16.4. The van der Waals surface area contributed by atoms with Crippen molar-refractivity contribution >= 4 is 18.0 Å². The Bertz CT molecular complexity index is 466. The lowest BCUT2D eigenvalue weighted by Crippen LogP contribution is -2.19. The van der Waals surface area contributed by atoms with Gasteiger partial charge in [0, 0.05) is 19.0 Å². The van der Waals surface area contributed by atoms with E-state index < -0.39 is 5.97 Å². The number of carbonyl (C=O) groups excluding carboxylic acids is 1. The average molecular weight is 235 g/mol. The molecule has 3 N–H and O–H groups in total. The van der Waals surface area contributed by atoms with Crippen molar-refractivity contribution in [2.24, 2.45) is 0 Å². The van der Waals surface area contributed by atoms with Crippen LogP contribution in [0.3, 0.4) is 0 Å². The van der Waals surface area contributed by atoms with Crippen LogP contribution in [-0.2, 0) is 4.79 Å². The Hall–Kier alpha value is -2.30. The number of hydrogen-bond acceptors (Lipinski definition) is 3. The van der Waals surface area contributed by atoms with Gasteiger partial charge in [0.2, 0.25) is 5.91 Å². The Labute approximate surface area is 98.4 Å². The van der Waals surface area contributed by atoms with Crippen LogP contribution in [0, 0.1) is 0 Å². The predicted molar refractivity (Wildman–Crippen MR) is 62.8 cm³/mol. The number of carboxylic acids is 1. The van der Waals surface area contributed by atoms with Crippen LogP contribution in [0.5, 0.6) is 5.75 Å². The van der Waals surface area contributed by atoms with E-state index in [1.54, 1.807) is 12.2 Å². The molecule has 0 unspecified atom stereocenters. The van der Waals surface area contributed by atoms with Gasteiger partial charge in [0.15, 0.2) is 0 Å². The van der Waals surface area contributed by atoms with Gasteiger partial charge in [0.1, 0.15) is 5.75 Å². The first-order valence-corrected chi connectivity index (χ1v) is 4.98. The highest BCUT2D eigenvalue weighted by Gasteiger charge is 2.05. The van der Waals surface area contributed by atoms with E-state index in [0.717, 1.165) is 0 Å². The monoisotopic (exact) mass is 235 g/mol. The first-order chi connectivity index (χ1) is 8.00. The van der Waals surface area contributed by atoms with Crippen LogP contribution < -0.4 is 5.32 Å². The van der Waals surface area contributed by atoms with Gasteiger partial charge in [-0.1, -0.05) is 18.2 Å². The summed E-state index contributed by atoms with van der Waals surface area (Å²) in [6.07, 6.45) is 3.27. The van der Waals surface area contributed by atoms with E-state index in [9.17, 15) is 14.7 Å². The Morgan fingerprint density at radius 1 is 1.41 bits per heavy atom. The molecular formula is C12H13NO4. The number of benzene rings is 1. The van der Waals surface area contributed by atoms with Crippen LogP contribution in [0.1, 0.15) is 22.8 Å². The number of rotatable bonds is 4. The van der Waals surface area contributed by atoms with Gasteiger partial charge < -0.3 is 15.5 Å². The highest BCUT2D eigenvalue weighted by molar-refractivity contribution is 5.88. The molecule has 17 heavy (non-hydrogen) atoms. The van der Waals surface area contributed by atoms with E-state index in [2.05, 4.69) is 5.32 Å². The summed E-state index contributed by atoms with van der Waals surface area (Å²) < 4.78 is 0. The number of hydrogen-bond donors (Lipinski definition) is 3. The minimum atomic E-state index is -1.09. The number of amides is 1. The van der Waals surface area contributed by atoms with Gasteiger partial charge in [0.25, 0.3) is 0 Å². The van der Waals surface area contributed by atoms with E-state index in [-0.39, 0.29) is 17.2 Å². The summed E-state index contributed by atoms with van der Waals surface area (Å²) in [5, 5.41) is 20.8. The largest absolute Gasteiger partial charge is 0.507 e. The Morgan fingerprint density at radius 3 is 2.65 bits per heavy atom. The molecule has 1 aromatic carbocycles. The predicted octanol–water partition coefficient (Wildman–Crippen LogP) is 1.24. The van der Waals surface area contributed by atoms with Gasteiger partial charge >= 0.3 is 5.97 Å². The SMILES string of the molecule is CC(=O)NCC=Cc1ccc(C(=O)O)cc1O. The molecule has 5 nitrogen and oxygen atoms in total. The lowest BCUT2D eigenvalue weighted by atomic mass is 10.1. The molecule has 0 aliphatic carbocycles. The second-order valence-corrected chi connectivity index (χ2v) is 3.42. The summed E-state index contributed by atoms with van der Waals surface area (Å²) in [6.45, 7) is 1.77. The maximum Gasteiger partial charge on any atom is 0.335 e. The van der Waals surface area contributed by atoms with Crippen molar-refractivity contribution in [2.45, 2.75) is 6.92 Å². The number of phenolic OH excluding ortho intramolecular Hbond substituents is 1. The van der Waals surface area contributed by atoms with Crippen LogP contribution in [-0.4, -0.2) is 28.6 Å². The van der Waals surface area contributed by atoms with Crippen molar-refractivity contribution in [3.8, 4) is 5.75 Å². The van der Waals surface area contributed by atoms with Crippen LogP contribution in [0.2, 0.25) is 0 Å². The summed E-state index contributed by atoms with van der Waals surface area (Å²) in [6, 6.07) is 4.09. The van der Waals surface area contributed by atoms with Crippen LogP contribution in [0.4, 0.5) is 0 Å². The number of nitrogens with one attached hydrogen (secondary N) is 1. The molecule has 0 fully saturated rings. The van der Waals surface area contributed by atoms with Crippen molar-refractivity contribution in [1.29, 1.82) is 0 Å². The van der Waals surface area contributed by atoms with Crippen molar-refractivity contribution in [1.82, 2.24) is 5.32 Å². The summed E-state index contributed by atoms with van der Waals surface area (Å²) in [7, 11) is 0. The molecule has 1 aromatic rings. The van der Waals surface area contributed by atoms with Gasteiger partial charge in [0.05, 0.1) is 5.56 Å². The standard InChI is InChI=1S/C12H13NO4/c1-8(14)13-6-2-3-9-4-5-10(12(16)17)7-11(9)15/h2-5,7,15H,6H2,1H3,(H,13,14)(H,16,17). The fraction of sp³-hybridized carbons (Fsp3) is 0.167. The van der Waals surface area contributed by atoms with Crippen molar-refractivity contribution < 1.29 is 19.8 Å². The molecule has 5 heteroatoms. The fourth-order valence-corrected chi connectivity index (χ4v) is 1.21. The lowest BCUT2D eigenvalue weighted by molar-refractivity contribution is -0.118. The summed E-state index contributed by atoms with van der Waals surface area (Å²) in [5.74, 6) is -1.34. The number of carbonyl (C=O) groups is 2. The smallest absolute Gasteiger partial charge is 0.335 e. The zero-order valence-corrected chi connectivity index (χ0v) is 9.30. The molecule has 1 rings (SSSR count). The van der Waals surface area contributed by atoms with Crippen LogP contribution in [0.25, 0.3) is 6.08 Å². The summed E-state index contributed by atoms with van der Waals surface area (Å²) in [5.41, 5.74) is 0.530. The number of aromatic hydroxyl groups is 1. The molecule has 0 saturated heterocycles. The minimum absolute atomic E-state index is 0.0292. The van der Waals surface area contributed by atoms with Crippen molar-refractivity contribution in [3.63, 3.8) is 0 Å². The molecule has 0 saturated carbocycles. The molecule has 0 aliphatic rings. The summed E-state index contributed by atoms with van der Waals surface area (Å²) in [4.78, 5) is 21.2. The van der Waals surface area contributed by atoms with Gasteiger partial charge in [-0.25, -0.2) is 4.79 Å². The van der Waals surface area contributed by atoms with Gasteiger partial charge in [-0.05, 0) is 12.1 Å². The number of phenols is 1. The topological polar surface area (TPSA) is 86.6 Å². The van der Waals surface area contributed by atoms with E-state index in [1.807, 2.05) is 0 Å². The Balaban J connectivity index is 2.72. The average Bonchev–Trinajstić information content (AvgIpc) is 2.25. The van der Waals surface area contributed by atoms with E-state index in [1.165, 1.54) is 25.1 Å². The van der Waals surface area contributed by atoms with Gasteiger partial charge in [-0.2, -0.15) is 0 Å². The molecule has 0 atom stereocenters. The molecule has 0 heterocycles. The molecule has 90 valence electrons. The van der Waals surface area contributed by atoms with Crippen LogP contribution in [0.15, 0.2) is 24.3 Å². The fourth-order valence-electron chi connectivity index (χ4n) is 1.21. The maximum absolute atomic E-state index is 10.6. The maximum atomic E-state index is 10.6. The van der Waals surface area contributed by atoms with Gasteiger partial charge in [-0.15, -0.1) is 0 Å². The highest BCUT2D eigenvalue weighted by Crippen LogP contribution is 2.20. The third kappa shape index (κ3) is 3.98. The second kappa shape index (κ2) is 5.69. The van der Waals surface area contributed by atoms with E-state index in [0.29, 0.717) is 12.1 Å². The Morgan fingerprint density at radius 2 is 2.12 bits per heavy atom. The zero-order valence-electron chi connectivity index (χ0n) is 9.30. The van der Waals surface area contributed by atoms with Crippen molar-refractivity contribution in [3.05, 3.63) is 35.4 Å². The molecule has 0 spiro atoms. The van der Waals surface area contributed by atoms with Crippen molar-refractivity contribution in [2.75, 3.05) is 6.54 Å².